The molecule has 0 saturated carbocycles. The molecule has 102 valence electrons. The van der Waals surface area contributed by atoms with Gasteiger partial charge in [0.2, 0.25) is 10.0 Å². The van der Waals surface area contributed by atoms with Crippen LogP contribution in [0.4, 0.5) is 5.69 Å². The lowest BCUT2D eigenvalue weighted by molar-refractivity contribution is 0.597. The maximum atomic E-state index is 11.4. The first-order valence-corrected chi connectivity index (χ1v) is 7.67. The summed E-state index contributed by atoms with van der Waals surface area (Å²) >= 11 is 0. The van der Waals surface area contributed by atoms with Crippen molar-refractivity contribution in [3.63, 3.8) is 0 Å². The zero-order valence-electron chi connectivity index (χ0n) is 11.5. The zero-order valence-corrected chi connectivity index (χ0v) is 12.3. The number of hydrogen-bond donors (Lipinski definition) is 1. The van der Waals surface area contributed by atoms with Crippen molar-refractivity contribution in [3.8, 4) is 0 Å². The van der Waals surface area contributed by atoms with Gasteiger partial charge in [-0.25, -0.2) is 13.6 Å². The molecule has 1 aromatic carbocycles. The molecule has 18 heavy (non-hydrogen) atoms. The number of aryl methyl sites for hydroxylation is 2. The normalized spacial score (nSPS) is 11.6. The van der Waals surface area contributed by atoms with E-state index in [9.17, 15) is 8.42 Å². The van der Waals surface area contributed by atoms with Crippen molar-refractivity contribution in [3.05, 3.63) is 23.3 Å². The fraction of sp³-hybridized carbons (Fsp3) is 0.538. The summed E-state index contributed by atoms with van der Waals surface area (Å²) in [6.07, 6.45) is 2.25. The van der Waals surface area contributed by atoms with Crippen molar-refractivity contribution in [2.75, 3.05) is 18.5 Å². The van der Waals surface area contributed by atoms with E-state index in [1.807, 2.05) is 20.0 Å². The van der Waals surface area contributed by atoms with Gasteiger partial charge in [-0.1, -0.05) is 13.3 Å². The number of nitrogens with zero attached hydrogens (tertiary/aromatic N) is 1. The van der Waals surface area contributed by atoms with Crippen LogP contribution in [0.15, 0.2) is 17.0 Å². The molecule has 0 radical (unpaired) electrons. The first-order chi connectivity index (χ1) is 8.27. The van der Waals surface area contributed by atoms with Crippen LogP contribution < -0.4 is 10.0 Å². The van der Waals surface area contributed by atoms with Gasteiger partial charge in [0.05, 0.1) is 4.90 Å². The van der Waals surface area contributed by atoms with Gasteiger partial charge in [0.15, 0.2) is 0 Å². The Bertz CT molecular complexity index is 524. The van der Waals surface area contributed by atoms with Crippen LogP contribution >= 0.6 is 0 Å². The molecule has 0 amide bonds. The number of benzene rings is 1. The van der Waals surface area contributed by atoms with E-state index >= 15 is 0 Å². The molecule has 0 spiro atoms. The number of rotatable bonds is 5. The van der Waals surface area contributed by atoms with Crippen LogP contribution in [0, 0.1) is 13.8 Å². The lowest BCUT2D eigenvalue weighted by Gasteiger charge is -2.22. The molecule has 0 unspecified atom stereocenters. The Morgan fingerprint density at radius 1 is 1.22 bits per heavy atom. The molecule has 0 fully saturated rings. The predicted molar refractivity (Wildman–Crippen MR) is 75.5 cm³/mol. The number of sulfonamides is 1. The largest absolute Gasteiger partial charge is 0.374 e. The summed E-state index contributed by atoms with van der Waals surface area (Å²) in [7, 11) is -1.61. The van der Waals surface area contributed by atoms with Crippen LogP contribution in [0.3, 0.4) is 0 Å². The summed E-state index contributed by atoms with van der Waals surface area (Å²) in [5, 5.41) is 5.19. The quantitative estimate of drug-likeness (QED) is 0.892. The van der Waals surface area contributed by atoms with Crippen LogP contribution in [0.2, 0.25) is 0 Å². The number of nitrogens with two attached hydrogens (primary N) is 1. The Kier molecular flexibility index (Phi) is 4.76. The number of anilines is 1. The van der Waals surface area contributed by atoms with E-state index in [1.165, 1.54) is 0 Å². The van der Waals surface area contributed by atoms with E-state index in [0.717, 1.165) is 30.6 Å². The summed E-state index contributed by atoms with van der Waals surface area (Å²) in [5.74, 6) is 0. The minimum atomic E-state index is -3.63. The highest BCUT2D eigenvalue weighted by Gasteiger charge is 2.15. The van der Waals surface area contributed by atoms with E-state index in [-0.39, 0.29) is 4.90 Å². The highest BCUT2D eigenvalue weighted by atomic mass is 32.2. The van der Waals surface area contributed by atoms with Crippen molar-refractivity contribution in [2.24, 2.45) is 5.14 Å². The van der Waals surface area contributed by atoms with E-state index < -0.39 is 10.0 Å². The van der Waals surface area contributed by atoms with E-state index in [1.54, 1.807) is 13.0 Å². The summed E-state index contributed by atoms with van der Waals surface area (Å²) in [6.45, 7) is 6.80. The molecule has 0 atom stereocenters. The van der Waals surface area contributed by atoms with Crippen molar-refractivity contribution in [2.45, 2.75) is 38.5 Å². The highest BCUT2D eigenvalue weighted by Crippen LogP contribution is 2.25. The highest BCUT2D eigenvalue weighted by molar-refractivity contribution is 7.89. The third kappa shape index (κ3) is 3.46. The summed E-state index contributed by atoms with van der Waals surface area (Å²) in [6, 6.07) is 3.55. The van der Waals surface area contributed by atoms with Gasteiger partial charge in [0.1, 0.15) is 0 Å². The summed E-state index contributed by atoms with van der Waals surface area (Å²) < 4.78 is 22.8. The second kappa shape index (κ2) is 5.71. The summed E-state index contributed by atoms with van der Waals surface area (Å²) in [5.41, 5.74) is 2.69. The number of primary sulfonamides is 1. The molecule has 4 nitrogen and oxygen atoms in total. The Balaban J connectivity index is 3.15. The molecule has 0 aromatic heterocycles. The molecule has 2 N–H and O–H groups in total. The zero-order chi connectivity index (χ0) is 13.9. The minimum absolute atomic E-state index is 0.215. The molecule has 5 heteroatoms. The first-order valence-electron chi connectivity index (χ1n) is 6.12. The van der Waals surface area contributed by atoms with Crippen LogP contribution in [-0.4, -0.2) is 22.0 Å². The van der Waals surface area contributed by atoms with Gasteiger partial charge in [-0.3, -0.25) is 0 Å². The average Bonchev–Trinajstić information content (AvgIpc) is 2.27. The van der Waals surface area contributed by atoms with Crippen LogP contribution in [0.1, 0.15) is 30.9 Å². The van der Waals surface area contributed by atoms with Gasteiger partial charge in [0.25, 0.3) is 0 Å². The fourth-order valence-corrected chi connectivity index (χ4v) is 2.86. The second-order valence-electron chi connectivity index (χ2n) is 4.72. The van der Waals surface area contributed by atoms with Crippen molar-refractivity contribution in [1.29, 1.82) is 0 Å². The Morgan fingerprint density at radius 3 is 2.33 bits per heavy atom. The van der Waals surface area contributed by atoms with Crippen molar-refractivity contribution in [1.82, 2.24) is 0 Å². The molecular weight excluding hydrogens is 248 g/mol. The average molecular weight is 270 g/mol. The minimum Gasteiger partial charge on any atom is -0.374 e. The molecule has 1 rings (SSSR count). The van der Waals surface area contributed by atoms with E-state index in [0.29, 0.717) is 5.56 Å². The maximum absolute atomic E-state index is 11.4. The molecule has 0 aliphatic heterocycles. The van der Waals surface area contributed by atoms with Gasteiger partial charge in [-0.15, -0.1) is 0 Å². The standard InChI is InChI=1S/C13H22N2O2S/c1-5-6-7-15(4)12-8-11(3)13(9-10(12)2)18(14,16)17/h8-9H,5-7H2,1-4H3,(H2,14,16,17). The van der Waals surface area contributed by atoms with Gasteiger partial charge >= 0.3 is 0 Å². The molecule has 0 bridgehead atoms. The summed E-state index contributed by atoms with van der Waals surface area (Å²) in [4.78, 5) is 2.37. The van der Waals surface area contributed by atoms with Crippen molar-refractivity contribution < 1.29 is 8.42 Å². The Hall–Kier alpha value is -1.07. The lowest BCUT2D eigenvalue weighted by atomic mass is 10.1. The maximum Gasteiger partial charge on any atom is 0.238 e. The van der Waals surface area contributed by atoms with E-state index in [4.69, 9.17) is 5.14 Å². The first kappa shape index (κ1) is 15.0. The lowest BCUT2D eigenvalue weighted by Crippen LogP contribution is -2.20. The third-order valence-corrected chi connectivity index (χ3v) is 4.11. The smallest absolute Gasteiger partial charge is 0.238 e. The topological polar surface area (TPSA) is 63.4 Å². The fourth-order valence-electron chi connectivity index (χ4n) is 2.01. The molecule has 0 aliphatic rings. The SMILES string of the molecule is CCCCN(C)c1cc(C)c(S(N)(=O)=O)cc1C. The number of unbranched alkanes of at least 4 members (excludes halogenated alkanes) is 1. The molecular formula is C13H22N2O2S. The van der Waals surface area contributed by atoms with Gasteiger partial charge < -0.3 is 4.90 Å². The van der Waals surface area contributed by atoms with Gasteiger partial charge in [-0.05, 0) is 43.5 Å². The predicted octanol–water partition coefficient (Wildman–Crippen LogP) is 2.19. The second-order valence-corrected chi connectivity index (χ2v) is 6.25. The monoisotopic (exact) mass is 270 g/mol. The van der Waals surface area contributed by atoms with Gasteiger partial charge in [0, 0.05) is 19.3 Å². The molecule has 0 heterocycles. The Labute approximate surface area is 110 Å². The van der Waals surface area contributed by atoms with E-state index in [2.05, 4.69) is 11.8 Å². The molecule has 0 aliphatic carbocycles. The third-order valence-electron chi connectivity index (χ3n) is 3.06. The molecule has 0 saturated heterocycles. The van der Waals surface area contributed by atoms with Crippen LogP contribution in [0.25, 0.3) is 0 Å². The molecule has 1 aromatic rings. The van der Waals surface area contributed by atoms with Crippen molar-refractivity contribution >= 4 is 15.7 Å². The Morgan fingerprint density at radius 2 is 1.83 bits per heavy atom. The van der Waals surface area contributed by atoms with Gasteiger partial charge in [-0.2, -0.15) is 0 Å². The van der Waals surface area contributed by atoms with Crippen LogP contribution in [-0.2, 0) is 10.0 Å². The van der Waals surface area contributed by atoms with Crippen LogP contribution in [0.5, 0.6) is 0 Å². The number of hydrogen-bond acceptors (Lipinski definition) is 3.